The highest BCUT2D eigenvalue weighted by Gasteiger charge is 2.08. The number of halogens is 2. The van der Waals surface area contributed by atoms with Crippen LogP contribution >= 0.6 is 0 Å². The number of nitrogens with one attached hydrogen (secondary N) is 1. The van der Waals surface area contributed by atoms with Crippen LogP contribution in [0.15, 0.2) is 30.3 Å². The van der Waals surface area contributed by atoms with Crippen molar-refractivity contribution in [2.24, 2.45) is 0 Å². The minimum absolute atomic E-state index is 0.0965. The normalized spacial score (nSPS) is 10.5. The molecule has 0 fully saturated rings. The van der Waals surface area contributed by atoms with E-state index in [-0.39, 0.29) is 12.2 Å². The third-order valence-corrected chi connectivity index (χ3v) is 2.51. The zero-order valence-corrected chi connectivity index (χ0v) is 10.1. The van der Waals surface area contributed by atoms with Crippen LogP contribution in [0, 0.1) is 11.6 Å². The second kappa shape index (κ2) is 6.19. The monoisotopic (exact) mass is 265 g/mol. The van der Waals surface area contributed by atoms with E-state index < -0.39 is 11.6 Å². The van der Waals surface area contributed by atoms with Gasteiger partial charge < -0.3 is 10.4 Å². The quantitative estimate of drug-likeness (QED) is 0.814. The van der Waals surface area contributed by atoms with E-state index in [4.69, 9.17) is 5.11 Å². The van der Waals surface area contributed by atoms with Crippen LogP contribution in [-0.4, -0.2) is 28.5 Å². The van der Waals surface area contributed by atoms with Crippen molar-refractivity contribution in [3.8, 4) is 11.3 Å². The highest BCUT2D eigenvalue weighted by Crippen LogP contribution is 2.21. The molecule has 0 aliphatic heterocycles. The summed E-state index contributed by atoms with van der Waals surface area (Å²) in [6.07, 6.45) is 0.607. The van der Waals surface area contributed by atoms with Gasteiger partial charge in [0, 0.05) is 24.8 Å². The van der Waals surface area contributed by atoms with Gasteiger partial charge in [0.05, 0.1) is 5.69 Å². The van der Waals surface area contributed by atoms with Crippen LogP contribution in [-0.2, 0) is 0 Å². The Morgan fingerprint density at radius 1 is 1.11 bits per heavy atom. The van der Waals surface area contributed by atoms with Crippen LogP contribution in [0.4, 0.5) is 14.6 Å². The molecule has 2 aromatic rings. The molecule has 0 aliphatic rings. The summed E-state index contributed by atoms with van der Waals surface area (Å²) in [6, 6.07) is 6.57. The molecule has 19 heavy (non-hydrogen) atoms. The highest BCUT2D eigenvalue weighted by molar-refractivity contribution is 5.60. The first-order chi connectivity index (χ1) is 9.20. The largest absolute Gasteiger partial charge is 0.396 e. The van der Waals surface area contributed by atoms with Gasteiger partial charge in [-0.3, -0.25) is 0 Å². The van der Waals surface area contributed by atoms with E-state index in [2.05, 4.69) is 15.5 Å². The first-order valence-electron chi connectivity index (χ1n) is 5.84. The van der Waals surface area contributed by atoms with Gasteiger partial charge in [0.15, 0.2) is 0 Å². The third-order valence-electron chi connectivity index (χ3n) is 2.51. The molecule has 6 heteroatoms. The van der Waals surface area contributed by atoms with Crippen molar-refractivity contribution in [3.05, 3.63) is 42.0 Å². The second-order valence-corrected chi connectivity index (χ2v) is 3.93. The Hall–Kier alpha value is -2.08. The number of anilines is 1. The SMILES string of the molecule is OCCCNc1ccc(-c2ccc(F)cc2F)nn1. The second-order valence-electron chi connectivity index (χ2n) is 3.93. The molecule has 0 amide bonds. The Bertz CT molecular complexity index is 546. The third kappa shape index (κ3) is 3.45. The molecule has 100 valence electrons. The summed E-state index contributed by atoms with van der Waals surface area (Å²) >= 11 is 0. The lowest BCUT2D eigenvalue weighted by Crippen LogP contribution is -2.05. The smallest absolute Gasteiger partial charge is 0.148 e. The van der Waals surface area contributed by atoms with Crippen LogP contribution < -0.4 is 5.32 Å². The van der Waals surface area contributed by atoms with Gasteiger partial charge in [0.25, 0.3) is 0 Å². The van der Waals surface area contributed by atoms with Gasteiger partial charge in [0.2, 0.25) is 0 Å². The van der Waals surface area contributed by atoms with E-state index in [0.717, 1.165) is 6.07 Å². The summed E-state index contributed by atoms with van der Waals surface area (Å²) in [5.74, 6) is -0.758. The maximum absolute atomic E-state index is 13.5. The first-order valence-corrected chi connectivity index (χ1v) is 5.84. The first kappa shape index (κ1) is 13.4. The maximum Gasteiger partial charge on any atom is 0.148 e. The summed E-state index contributed by atoms with van der Waals surface area (Å²) in [7, 11) is 0. The standard InChI is InChI=1S/C13H13F2N3O/c14-9-2-3-10(11(15)8-9)12-4-5-13(18-17-12)16-6-1-7-19/h2-5,8,19H,1,6-7H2,(H,16,18). The Morgan fingerprint density at radius 3 is 2.58 bits per heavy atom. The molecule has 1 heterocycles. The minimum Gasteiger partial charge on any atom is -0.396 e. The van der Waals surface area contributed by atoms with Crippen molar-refractivity contribution in [3.63, 3.8) is 0 Å². The van der Waals surface area contributed by atoms with E-state index in [0.29, 0.717) is 24.5 Å². The van der Waals surface area contributed by atoms with Crippen molar-refractivity contribution in [1.82, 2.24) is 10.2 Å². The van der Waals surface area contributed by atoms with Gasteiger partial charge in [-0.2, -0.15) is 0 Å². The zero-order valence-electron chi connectivity index (χ0n) is 10.1. The topological polar surface area (TPSA) is 58.0 Å². The predicted molar refractivity (Wildman–Crippen MR) is 67.6 cm³/mol. The lowest BCUT2D eigenvalue weighted by atomic mass is 10.1. The van der Waals surface area contributed by atoms with Crippen LogP contribution in [0.2, 0.25) is 0 Å². The molecule has 0 radical (unpaired) electrons. The molecule has 0 unspecified atom stereocenters. The molecule has 0 saturated heterocycles. The minimum atomic E-state index is -0.671. The van der Waals surface area contributed by atoms with Gasteiger partial charge in [-0.05, 0) is 30.7 Å². The molecule has 2 N–H and O–H groups in total. The van der Waals surface area contributed by atoms with Gasteiger partial charge in [-0.1, -0.05) is 0 Å². The summed E-state index contributed by atoms with van der Waals surface area (Å²) in [5.41, 5.74) is 0.543. The molecular formula is C13H13F2N3O. The van der Waals surface area contributed by atoms with E-state index in [1.165, 1.54) is 12.1 Å². The summed E-state index contributed by atoms with van der Waals surface area (Å²) in [6.45, 7) is 0.675. The fourth-order valence-electron chi connectivity index (χ4n) is 1.56. The number of aromatic nitrogens is 2. The van der Waals surface area contributed by atoms with Gasteiger partial charge in [0.1, 0.15) is 17.5 Å². The molecule has 0 saturated carbocycles. The molecule has 0 bridgehead atoms. The average Bonchev–Trinajstić information content (AvgIpc) is 2.40. The number of aliphatic hydroxyl groups excluding tert-OH is 1. The molecule has 2 rings (SSSR count). The highest BCUT2D eigenvalue weighted by atomic mass is 19.1. The van der Waals surface area contributed by atoms with E-state index >= 15 is 0 Å². The summed E-state index contributed by atoms with van der Waals surface area (Å²) in [4.78, 5) is 0. The molecular weight excluding hydrogens is 252 g/mol. The number of benzene rings is 1. The maximum atomic E-state index is 13.5. The fraction of sp³-hybridized carbons (Fsp3) is 0.231. The molecule has 1 aromatic carbocycles. The summed E-state index contributed by atoms with van der Waals surface area (Å²) in [5, 5.41) is 19.4. The van der Waals surface area contributed by atoms with Crippen molar-refractivity contribution in [1.29, 1.82) is 0 Å². The Balaban J connectivity index is 2.13. The fourth-order valence-corrected chi connectivity index (χ4v) is 1.56. The Labute approximate surface area is 109 Å². The van der Waals surface area contributed by atoms with Crippen LogP contribution in [0.25, 0.3) is 11.3 Å². The lowest BCUT2D eigenvalue weighted by molar-refractivity contribution is 0.292. The van der Waals surface area contributed by atoms with Crippen molar-refractivity contribution >= 4 is 5.82 Å². The Morgan fingerprint density at radius 2 is 1.95 bits per heavy atom. The summed E-state index contributed by atoms with van der Waals surface area (Å²) < 4.78 is 26.3. The van der Waals surface area contributed by atoms with E-state index in [1.54, 1.807) is 12.1 Å². The van der Waals surface area contributed by atoms with Gasteiger partial charge in [-0.15, -0.1) is 10.2 Å². The van der Waals surface area contributed by atoms with Crippen molar-refractivity contribution in [2.75, 3.05) is 18.5 Å². The molecule has 0 aliphatic carbocycles. The van der Waals surface area contributed by atoms with Crippen molar-refractivity contribution < 1.29 is 13.9 Å². The van der Waals surface area contributed by atoms with Gasteiger partial charge >= 0.3 is 0 Å². The molecule has 1 aromatic heterocycles. The number of hydrogen-bond donors (Lipinski definition) is 2. The van der Waals surface area contributed by atoms with E-state index in [9.17, 15) is 8.78 Å². The van der Waals surface area contributed by atoms with E-state index in [1.807, 2.05) is 0 Å². The van der Waals surface area contributed by atoms with Crippen LogP contribution in [0.5, 0.6) is 0 Å². The van der Waals surface area contributed by atoms with Crippen LogP contribution in [0.3, 0.4) is 0 Å². The molecule has 4 nitrogen and oxygen atoms in total. The predicted octanol–water partition coefficient (Wildman–Crippen LogP) is 2.22. The number of aliphatic hydroxyl groups is 1. The lowest BCUT2D eigenvalue weighted by Gasteiger charge is -2.05. The molecule has 0 atom stereocenters. The zero-order chi connectivity index (χ0) is 13.7. The number of hydrogen-bond acceptors (Lipinski definition) is 4. The number of rotatable bonds is 5. The Kier molecular flexibility index (Phi) is 4.35. The van der Waals surface area contributed by atoms with Gasteiger partial charge in [-0.25, -0.2) is 8.78 Å². The number of nitrogens with zero attached hydrogens (tertiary/aromatic N) is 2. The van der Waals surface area contributed by atoms with Crippen LogP contribution in [0.1, 0.15) is 6.42 Å². The molecule has 0 spiro atoms. The van der Waals surface area contributed by atoms with Crippen molar-refractivity contribution in [2.45, 2.75) is 6.42 Å². The average molecular weight is 265 g/mol.